The molecule has 1 unspecified atom stereocenters. The second-order valence-electron chi connectivity index (χ2n) is 4.57. The normalized spacial score (nSPS) is 16.6. The fraction of sp³-hybridized carbons (Fsp3) is 0.462. The summed E-state index contributed by atoms with van der Waals surface area (Å²) in [5.74, 6) is 0.588. The van der Waals surface area contributed by atoms with Crippen LogP contribution in [0.1, 0.15) is 18.4 Å². The van der Waals surface area contributed by atoms with Crippen molar-refractivity contribution >= 4 is 17.5 Å². The van der Waals surface area contributed by atoms with Crippen molar-refractivity contribution in [3.05, 3.63) is 34.9 Å². The van der Waals surface area contributed by atoms with Crippen LogP contribution in [0.2, 0.25) is 5.02 Å². The summed E-state index contributed by atoms with van der Waals surface area (Å²) >= 11 is 5.99. The molecule has 0 aromatic heterocycles. The van der Waals surface area contributed by atoms with Crippen LogP contribution in [0.15, 0.2) is 24.3 Å². The number of halogens is 1. The van der Waals surface area contributed by atoms with Crippen molar-refractivity contribution in [2.75, 3.05) is 6.54 Å². The van der Waals surface area contributed by atoms with Gasteiger partial charge in [0.2, 0.25) is 5.91 Å². The quantitative estimate of drug-likeness (QED) is 0.839. The summed E-state index contributed by atoms with van der Waals surface area (Å²) in [7, 11) is 0. The van der Waals surface area contributed by atoms with Gasteiger partial charge in [0.15, 0.2) is 0 Å². The molecule has 17 heavy (non-hydrogen) atoms. The average Bonchev–Trinajstić information content (AvgIpc) is 3.13. The second-order valence-corrected chi connectivity index (χ2v) is 4.98. The van der Waals surface area contributed by atoms with Crippen LogP contribution < -0.4 is 11.1 Å². The molecular formula is C13H17ClN2O. The van der Waals surface area contributed by atoms with Crippen LogP contribution in [0, 0.1) is 5.92 Å². The van der Waals surface area contributed by atoms with E-state index in [2.05, 4.69) is 5.32 Å². The minimum absolute atomic E-state index is 0.0193. The number of nitrogens with one attached hydrogen (secondary N) is 1. The van der Waals surface area contributed by atoms with E-state index in [0.29, 0.717) is 23.9 Å². The molecule has 1 atom stereocenters. The molecule has 92 valence electrons. The third-order valence-electron chi connectivity index (χ3n) is 3.07. The van der Waals surface area contributed by atoms with Crippen LogP contribution >= 0.6 is 11.6 Å². The van der Waals surface area contributed by atoms with Crippen molar-refractivity contribution in [1.82, 2.24) is 5.32 Å². The van der Waals surface area contributed by atoms with Crippen LogP contribution in [-0.2, 0) is 11.2 Å². The molecule has 1 aliphatic rings. The number of amides is 1. The first kappa shape index (κ1) is 12.4. The van der Waals surface area contributed by atoms with Crippen molar-refractivity contribution in [2.45, 2.75) is 25.3 Å². The predicted molar refractivity (Wildman–Crippen MR) is 68.9 cm³/mol. The minimum Gasteiger partial charge on any atom is -0.354 e. The van der Waals surface area contributed by atoms with E-state index in [4.69, 9.17) is 17.3 Å². The Labute approximate surface area is 106 Å². The van der Waals surface area contributed by atoms with Crippen molar-refractivity contribution in [3.8, 4) is 0 Å². The SMILES string of the molecule is NC(CNC(=O)Cc1ccccc1Cl)C1CC1. The third-order valence-corrected chi connectivity index (χ3v) is 3.44. The Bertz CT molecular complexity index is 404. The number of hydrogen-bond acceptors (Lipinski definition) is 2. The molecule has 1 amide bonds. The van der Waals surface area contributed by atoms with Gasteiger partial charge < -0.3 is 11.1 Å². The van der Waals surface area contributed by atoms with Gasteiger partial charge in [-0.2, -0.15) is 0 Å². The monoisotopic (exact) mass is 252 g/mol. The van der Waals surface area contributed by atoms with E-state index < -0.39 is 0 Å². The largest absolute Gasteiger partial charge is 0.354 e. The Kier molecular flexibility index (Phi) is 4.02. The van der Waals surface area contributed by atoms with Gasteiger partial charge >= 0.3 is 0 Å². The van der Waals surface area contributed by atoms with Crippen molar-refractivity contribution < 1.29 is 4.79 Å². The average molecular weight is 253 g/mol. The summed E-state index contributed by atoms with van der Waals surface area (Å²) in [6.45, 7) is 0.563. The Hall–Kier alpha value is -1.06. The highest BCUT2D eigenvalue weighted by atomic mass is 35.5. The standard InChI is InChI=1S/C13H17ClN2O/c14-11-4-2-1-3-10(11)7-13(17)16-8-12(15)9-5-6-9/h1-4,9,12H,5-8,15H2,(H,16,17). The van der Waals surface area contributed by atoms with Crippen LogP contribution in [0.5, 0.6) is 0 Å². The molecule has 1 fully saturated rings. The summed E-state index contributed by atoms with van der Waals surface area (Å²) in [5, 5.41) is 3.49. The maximum Gasteiger partial charge on any atom is 0.224 e. The Morgan fingerprint density at radius 1 is 1.47 bits per heavy atom. The maximum absolute atomic E-state index is 11.7. The fourth-order valence-corrected chi connectivity index (χ4v) is 2.00. The van der Waals surface area contributed by atoms with E-state index >= 15 is 0 Å². The number of carbonyl (C=O) groups excluding carboxylic acids is 1. The zero-order valence-electron chi connectivity index (χ0n) is 9.66. The van der Waals surface area contributed by atoms with Crippen LogP contribution in [0.25, 0.3) is 0 Å². The summed E-state index contributed by atoms with van der Waals surface area (Å²) in [5.41, 5.74) is 6.76. The van der Waals surface area contributed by atoms with Gasteiger partial charge in [0.25, 0.3) is 0 Å². The highest BCUT2D eigenvalue weighted by Gasteiger charge is 2.28. The van der Waals surface area contributed by atoms with Gasteiger partial charge in [-0.05, 0) is 30.4 Å². The molecule has 4 heteroatoms. The second kappa shape index (κ2) is 5.52. The lowest BCUT2D eigenvalue weighted by Gasteiger charge is -2.11. The van der Waals surface area contributed by atoms with Crippen molar-refractivity contribution in [2.24, 2.45) is 11.7 Å². The molecule has 1 aliphatic carbocycles. The van der Waals surface area contributed by atoms with E-state index in [1.807, 2.05) is 18.2 Å². The summed E-state index contributed by atoms with van der Waals surface area (Å²) in [6, 6.07) is 7.49. The Balaban J connectivity index is 1.78. The lowest BCUT2D eigenvalue weighted by Crippen LogP contribution is -2.39. The van der Waals surface area contributed by atoms with Crippen LogP contribution in [0.4, 0.5) is 0 Å². The molecule has 0 aliphatic heterocycles. The van der Waals surface area contributed by atoms with Gasteiger partial charge in [-0.15, -0.1) is 0 Å². The first-order chi connectivity index (χ1) is 8.16. The van der Waals surface area contributed by atoms with Gasteiger partial charge in [-0.1, -0.05) is 29.8 Å². The van der Waals surface area contributed by atoms with E-state index in [1.165, 1.54) is 12.8 Å². The summed E-state index contributed by atoms with van der Waals surface area (Å²) in [6.07, 6.45) is 2.71. The third kappa shape index (κ3) is 3.72. The molecule has 3 nitrogen and oxygen atoms in total. The summed E-state index contributed by atoms with van der Waals surface area (Å²) < 4.78 is 0. The topological polar surface area (TPSA) is 55.1 Å². The minimum atomic E-state index is -0.0193. The van der Waals surface area contributed by atoms with Gasteiger partial charge in [0, 0.05) is 17.6 Å². The predicted octanol–water partition coefficient (Wildman–Crippen LogP) is 1.74. The smallest absolute Gasteiger partial charge is 0.224 e. The van der Waals surface area contributed by atoms with Gasteiger partial charge in [0.1, 0.15) is 0 Å². The van der Waals surface area contributed by atoms with E-state index in [1.54, 1.807) is 6.07 Å². The van der Waals surface area contributed by atoms with Gasteiger partial charge in [-0.25, -0.2) is 0 Å². The number of rotatable bonds is 5. The molecule has 1 aromatic rings. The van der Waals surface area contributed by atoms with Crippen molar-refractivity contribution in [1.29, 1.82) is 0 Å². The number of nitrogens with two attached hydrogens (primary N) is 1. The van der Waals surface area contributed by atoms with Gasteiger partial charge in [0.05, 0.1) is 6.42 Å². The van der Waals surface area contributed by atoms with Crippen LogP contribution in [0.3, 0.4) is 0 Å². The number of hydrogen-bond donors (Lipinski definition) is 2. The maximum atomic E-state index is 11.7. The highest BCUT2D eigenvalue weighted by molar-refractivity contribution is 6.31. The van der Waals surface area contributed by atoms with Crippen LogP contribution in [-0.4, -0.2) is 18.5 Å². The highest BCUT2D eigenvalue weighted by Crippen LogP contribution is 2.31. The van der Waals surface area contributed by atoms with Crippen molar-refractivity contribution in [3.63, 3.8) is 0 Å². The fourth-order valence-electron chi connectivity index (χ4n) is 1.80. The molecule has 2 rings (SSSR count). The van der Waals surface area contributed by atoms with E-state index in [9.17, 15) is 4.79 Å². The molecule has 0 radical (unpaired) electrons. The zero-order valence-corrected chi connectivity index (χ0v) is 10.4. The molecule has 3 N–H and O–H groups in total. The molecule has 0 saturated heterocycles. The van der Waals surface area contributed by atoms with Gasteiger partial charge in [-0.3, -0.25) is 4.79 Å². The lowest BCUT2D eigenvalue weighted by atomic mass is 10.1. The Morgan fingerprint density at radius 2 is 2.18 bits per heavy atom. The molecule has 1 saturated carbocycles. The first-order valence-corrected chi connectivity index (χ1v) is 6.30. The molecule has 0 bridgehead atoms. The molecule has 1 aromatic carbocycles. The summed E-state index contributed by atoms with van der Waals surface area (Å²) in [4.78, 5) is 11.7. The number of benzene rings is 1. The molecule has 0 spiro atoms. The number of carbonyl (C=O) groups is 1. The van der Waals surface area contributed by atoms with E-state index in [-0.39, 0.29) is 11.9 Å². The zero-order chi connectivity index (χ0) is 12.3. The molecular weight excluding hydrogens is 236 g/mol. The lowest BCUT2D eigenvalue weighted by molar-refractivity contribution is -0.120. The molecule has 0 heterocycles. The first-order valence-electron chi connectivity index (χ1n) is 5.92. The van der Waals surface area contributed by atoms with E-state index in [0.717, 1.165) is 5.56 Å². The Morgan fingerprint density at radius 3 is 2.82 bits per heavy atom.